The molecule has 0 aliphatic heterocycles. The van der Waals surface area contributed by atoms with E-state index in [-0.39, 0.29) is 11.4 Å². The summed E-state index contributed by atoms with van der Waals surface area (Å²) in [5.74, 6) is -0.562. The molecule has 3 N–H and O–H groups in total. The molecule has 0 amide bonds. The zero-order chi connectivity index (χ0) is 20.3. The molecule has 3 rings (SSSR count). The zero-order valence-electron chi connectivity index (χ0n) is 14.9. The molecule has 8 nitrogen and oxygen atoms in total. The summed E-state index contributed by atoms with van der Waals surface area (Å²) in [6.07, 6.45) is 1.75. The van der Waals surface area contributed by atoms with Gasteiger partial charge in [0.2, 0.25) is 0 Å². The first kappa shape index (κ1) is 18.5. The molecule has 0 atom stereocenters. The van der Waals surface area contributed by atoms with E-state index in [1.165, 1.54) is 0 Å². The second kappa shape index (κ2) is 7.52. The second-order valence-electron chi connectivity index (χ2n) is 5.97. The van der Waals surface area contributed by atoms with Gasteiger partial charge in [-0.1, -0.05) is 0 Å². The Morgan fingerprint density at radius 1 is 1.21 bits per heavy atom. The first-order valence-corrected chi connectivity index (χ1v) is 8.15. The number of anilines is 1. The Morgan fingerprint density at radius 2 is 1.93 bits per heavy atom. The summed E-state index contributed by atoms with van der Waals surface area (Å²) in [6.45, 7) is -0.430. The van der Waals surface area contributed by atoms with Crippen molar-refractivity contribution in [1.29, 1.82) is 10.5 Å². The highest BCUT2D eigenvalue weighted by Gasteiger charge is 2.15. The van der Waals surface area contributed by atoms with E-state index in [1.54, 1.807) is 54.2 Å². The molecule has 0 radical (unpaired) electrons. The molecule has 2 aromatic heterocycles. The SMILES string of the molecule is Cn1cc(-c2cc(-c3ccc(OCC(=O)O)cc3)nc(N)c2C#N)cc1C#N. The van der Waals surface area contributed by atoms with Crippen molar-refractivity contribution in [1.82, 2.24) is 9.55 Å². The van der Waals surface area contributed by atoms with Crippen molar-refractivity contribution in [3.63, 3.8) is 0 Å². The van der Waals surface area contributed by atoms with Crippen LogP contribution in [0.2, 0.25) is 0 Å². The number of pyridine rings is 1. The molecule has 0 unspecified atom stereocenters. The number of nitrogens with zero attached hydrogens (tertiary/aromatic N) is 4. The van der Waals surface area contributed by atoms with Gasteiger partial charge in [0.25, 0.3) is 0 Å². The van der Waals surface area contributed by atoms with E-state index in [1.807, 2.05) is 0 Å². The Bertz CT molecular complexity index is 1130. The summed E-state index contributed by atoms with van der Waals surface area (Å²) in [5.41, 5.74) is 9.21. The molecule has 0 saturated heterocycles. The number of aryl methyl sites for hydroxylation is 1. The van der Waals surface area contributed by atoms with Gasteiger partial charge in [0, 0.05) is 29.9 Å². The summed E-state index contributed by atoms with van der Waals surface area (Å²) in [5, 5.41) is 27.3. The van der Waals surface area contributed by atoms with Gasteiger partial charge in [0.1, 0.15) is 35.0 Å². The van der Waals surface area contributed by atoms with Crippen LogP contribution < -0.4 is 10.5 Å². The van der Waals surface area contributed by atoms with E-state index in [9.17, 15) is 15.3 Å². The van der Waals surface area contributed by atoms with Crippen molar-refractivity contribution >= 4 is 11.8 Å². The molecule has 28 heavy (non-hydrogen) atoms. The summed E-state index contributed by atoms with van der Waals surface area (Å²) in [6, 6.07) is 14.3. The fourth-order valence-corrected chi connectivity index (χ4v) is 2.75. The zero-order valence-corrected chi connectivity index (χ0v) is 14.9. The Morgan fingerprint density at radius 3 is 2.50 bits per heavy atom. The fourth-order valence-electron chi connectivity index (χ4n) is 2.75. The molecule has 3 aromatic rings. The predicted molar refractivity (Wildman–Crippen MR) is 101 cm³/mol. The molecule has 138 valence electrons. The molecular formula is C20H15N5O3. The van der Waals surface area contributed by atoms with E-state index in [0.29, 0.717) is 28.3 Å². The predicted octanol–water partition coefficient (Wildman–Crippen LogP) is 2.54. The monoisotopic (exact) mass is 373 g/mol. The molecule has 0 aliphatic rings. The van der Waals surface area contributed by atoms with Crippen LogP contribution in [0.25, 0.3) is 22.4 Å². The normalized spacial score (nSPS) is 10.1. The quantitative estimate of drug-likeness (QED) is 0.701. The number of ether oxygens (including phenoxy) is 1. The van der Waals surface area contributed by atoms with Gasteiger partial charge in [0.15, 0.2) is 6.61 Å². The molecule has 2 heterocycles. The van der Waals surface area contributed by atoms with E-state index >= 15 is 0 Å². The number of nitrogen functional groups attached to an aromatic ring is 1. The lowest BCUT2D eigenvalue weighted by molar-refractivity contribution is -0.139. The number of nitrogens with two attached hydrogens (primary N) is 1. The van der Waals surface area contributed by atoms with E-state index in [0.717, 1.165) is 5.56 Å². The Balaban J connectivity index is 2.03. The van der Waals surface area contributed by atoms with Crippen molar-refractivity contribution < 1.29 is 14.6 Å². The average molecular weight is 373 g/mol. The topological polar surface area (TPSA) is 138 Å². The number of carboxylic acid groups (broad SMARTS) is 1. The number of rotatable bonds is 5. The van der Waals surface area contributed by atoms with Crippen molar-refractivity contribution in [2.75, 3.05) is 12.3 Å². The highest BCUT2D eigenvalue weighted by molar-refractivity contribution is 5.80. The van der Waals surface area contributed by atoms with E-state index < -0.39 is 12.6 Å². The molecule has 0 saturated carbocycles. The van der Waals surface area contributed by atoms with Crippen molar-refractivity contribution in [3.8, 4) is 40.3 Å². The summed E-state index contributed by atoms with van der Waals surface area (Å²) in [4.78, 5) is 14.9. The maximum absolute atomic E-state index is 10.6. The van der Waals surface area contributed by atoms with Gasteiger partial charge in [-0.3, -0.25) is 0 Å². The highest BCUT2D eigenvalue weighted by atomic mass is 16.5. The van der Waals surface area contributed by atoms with Crippen molar-refractivity contribution in [2.45, 2.75) is 0 Å². The average Bonchev–Trinajstić information content (AvgIpc) is 3.06. The first-order valence-electron chi connectivity index (χ1n) is 8.15. The summed E-state index contributed by atoms with van der Waals surface area (Å²) in [7, 11) is 1.75. The van der Waals surface area contributed by atoms with Gasteiger partial charge in [-0.05, 0) is 36.4 Å². The minimum atomic E-state index is -1.06. The van der Waals surface area contributed by atoms with Crippen LogP contribution in [-0.2, 0) is 11.8 Å². The smallest absolute Gasteiger partial charge is 0.341 e. The highest BCUT2D eigenvalue weighted by Crippen LogP contribution is 2.32. The van der Waals surface area contributed by atoms with Gasteiger partial charge >= 0.3 is 5.97 Å². The third-order valence-electron chi connectivity index (χ3n) is 4.10. The minimum absolute atomic E-state index is 0.0866. The molecule has 0 aliphatic carbocycles. The van der Waals surface area contributed by atoms with Crippen LogP contribution in [0.4, 0.5) is 5.82 Å². The van der Waals surface area contributed by atoms with Crippen molar-refractivity contribution in [3.05, 3.63) is 53.9 Å². The molecule has 0 fully saturated rings. The van der Waals surface area contributed by atoms with Crippen LogP contribution in [0.3, 0.4) is 0 Å². The molecular weight excluding hydrogens is 358 g/mol. The third-order valence-corrected chi connectivity index (χ3v) is 4.10. The third kappa shape index (κ3) is 3.62. The number of carboxylic acids is 1. The van der Waals surface area contributed by atoms with Gasteiger partial charge in [-0.2, -0.15) is 10.5 Å². The van der Waals surface area contributed by atoms with Gasteiger partial charge < -0.3 is 20.1 Å². The molecule has 0 bridgehead atoms. The maximum Gasteiger partial charge on any atom is 0.341 e. The summed E-state index contributed by atoms with van der Waals surface area (Å²) < 4.78 is 6.79. The molecule has 8 heteroatoms. The molecule has 0 spiro atoms. The minimum Gasteiger partial charge on any atom is -0.482 e. The lowest BCUT2D eigenvalue weighted by atomic mass is 10.0. The second-order valence-corrected chi connectivity index (χ2v) is 5.97. The summed E-state index contributed by atoms with van der Waals surface area (Å²) >= 11 is 0. The number of aliphatic carboxylic acids is 1. The lowest BCUT2D eigenvalue weighted by Gasteiger charge is -2.10. The Hall–Kier alpha value is -4.30. The van der Waals surface area contributed by atoms with Gasteiger partial charge in [-0.25, -0.2) is 9.78 Å². The standard InChI is InChI=1S/C20H15N5O3/c1-25-10-13(6-14(25)8-21)16-7-18(24-20(23)17(16)9-22)12-2-4-15(5-3-12)28-11-19(26)27/h2-7,10H,11H2,1H3,(H2,23,24)(H,26,27). The van der Waals surface area contributed by atoms with Crippen molar-refractivity contribution in [2.24, 2.45) is 7.05 Å². The van der Waals surface area contributed by atoms with Crippen LogP contribution in [0.1, 0.15) is 11.3 Å². The van der Waals surface area contributed by atoms with Crippen LogP contribution in [-0.4, -0.2) is 27.2 Å². The number of hydrogen-bond acceptors (Lipinski definition) is 6. The fraction of sp³-hybridized carbons (Fsp3) is 0.100. The van der Waals surface area contributed by atoms with E-state index in [4.69, 9.17) is 15.6 Å². The Labute approximate surface area is 160 Å². The largest absolute Gasteiger partial charge is 0.482 e. The number of aromatic nitrogens is 2. The molecule has 1 aromatic carbocycles. The van der Waals surface area contributed by atoms with Crippen LogP contribution in [0.15, 0.2) is 42.6 Å². The van der Waals surface area contributed by atoms with Crippen LogP contribution in [0, 0.1) is 22.7 Å². The number of carbonyl (C=O) groups is 1. The number of nitriles is 2. The first-order chi connectivity index (χ1) is 13.4. The maximum atomic E-state index is 10.6. The number of hydrogen-bond donors (Lipinski definition) is 2. The Kier molecular flexibility index (Phi) is 4.97. The van der Waals surface area contributed by atoms with E-state index in [2.05, 4.69) is 17.1 Å². The van der Waals surface area contributed by atoms with Crippen LogP contribution in [0.5, 0.6) is 5.75 Å². The number of benzene rings is 1. The van der Waals surface area contributed by atoms with Gasteiger partial charge in [0.05, 0.1) is 5.69 Å². The van der Waals surface area contributed by atoms with Crippen LogP contribution >= 0.6 is 0 Å². The van der Waals surface area contributed by atoms with Gasteiger partial charge in [-0.15, -0.1) is 0 Å². The lowest BCUT2D eigenvalue weighted by Crippen LogP contribution is -2.09.